The molecular formula is C17H21NO3S. The van der Waals surface area contributed by atoms with Crippen molar-refractivity contribution in [1.29, 1.82) is 0 Å². The first-order chi connectivity index (χ1) is 10.4. The van der Waals surface area contributed by atoms with E-state index in [2.05, 4.69) is 0 Å². The van der Waals surface area contributed by atoms with E-state index in [-0.39, 0.29) is 0 Å². The Morgan fingerprint density at radius 3 is 2.36 bits per heavy atom. The summed E-state index contributed by atoms with van der Waals surface area (Å²) in [4.78, 5) is 2.26. The van der Waals surface area contributed by atoms with Crippen molar-refractivity contribution in [2.24, 2.45) is 0 Å². The highest BCUT2D eigenvalue weighted by molar-refractivity contribution is 7.90. The molecule has 5 heteroatoms. The van der Waals surface area contributed by atoms with Crippen LogP contribution in [0.15, 0.2) is 53.4 Å². The van der Waals surface area contributed by atoms with Gasteiger partial charge in [0.25, 0.3) is 0 Å². The van der Waals surface area contributed by atoms with Crippen LogP contribution < -0.4 is 9.64 Å². The van der Waals surface area contributed by atoms with Crippen LogP contribution in [0.25, 0.3) is 0 Å². The van der Waals surface area contributed by atoms with Gasteiger partial charge in [0.1, 0.15) is 5.75 Å². The summed E-state index contributed by atoms with van der Waals surface area (Å²) in [6.07, 6.45) is 1.23. The first-order valence-electron chi connectivity index (χ1n) is 7.14. The Balaban J connectivity index is 2.33. The topological polar surface area (TPSA) is 46.6 Å². The Morgan fingerprint density at radius 1 is 1.05 bits per heavy atom. The number of rotatable bonds is 6. The van der Waals surface area contributed by atoms with E-state index < -0.39 is 9.84 Å². The average Bonchev–Trinajstić information content (AvgIpc) is 2.48. The van der Waals surface area contributed by atoms with E-state index in [0.29, 0.717) is 23.7 Å². The zero-order valence-corrected chi connectivity index (χ0v) is 13.9. The molecule has 0 saturated carbocycles. The van der Waals surface area contributed by atoms with Gasteiger partial charge in [0.2, 0.25) is 0 Å². The van der Waals surface area contributed by atoms with E-state index in [1.165, 1.54) is 6.26 Å². The van der Waals surface area contributed by atoms with Crippen molar-refractivity contribution in [2.45, 2.75) is 18.4 Å². The molecule has 2 aromatic carbocycles. The highest BCUT2D eigenvalue weighted by Gasteiger charge is 2.16. The van der Waals surface area contributed by atoms with Crippen molar-refractivity contribution in [1.82, 2.24) is 0 Å². The van der Waals surface area contributed by atoms with Gasteiger partial charge in [-0.3, -0.25) is 0 Å². The van der Waals surface area contributed by atoms with Crippen molar-refractivity contribution in [3.63, 3.8) is 0 Å². The average molecular weight is 319 g/mol. The van der Waals surface area contributed by atoms with E-state index >= 15 is 0 Å². The van der Waals surface area contributed by atoms with Crippen LogP contribution in [-0.2, 0) is 16.4 Å². The molecule has 0 amide bonds. The Morgan fingerprint density at radius 2 is 1.68 bits per heavy atom. The number of benzene rings is 2. The molecule has 0 saturated heterocycles. The Bertz CT molecular complexity index is 741. The second kappa shape index (κ2) is 6.83. The Hall–Kier alpha value is -2.01. The lowest BCUT2D eigenvalue weighted by Gasteiger charge is -2.23. The summed E-state index contributed by atoms with van der Waals surface area (Å²) in [5.74, 6) is 0.827. The molecule has 2 rings (SSSR count). The summed E-state index contributed by atoms with van der Waals surface area (Å²) in [5.41, 5.74) is 1.71. The minimum Gasteiger partial charge on any atom is -0.494 e. The number of nitrogens with zero attached hydrogens (tertiary/aromatic N) is 1. The lowest BCUT2D eigenvalue weighted by atomic mass is 10.2. The first-order valence-corrected chi connectivity index (χ1v) is 9.03. The van der Waals surface area contributed by atoms with Gasteiger partial charge in [0.15, 0.2) is 9.84 Å². The summed E-state index contributed by atoms with van der Waals surface area (Å²) in [6.45, 7) is 3.11. The highest BCUT2D eigenvalue weighted by atomic mass is 32.2. The van der Waals surface area contributed by atoms with E-state index in [1.54, 1.807) is 12.1 Å². The molecule has 0 heterocycles. The van der Waals surface area contributed by atoms with Gasteiger partial charge in [-0.05, 0) is 25.1 Å². The second-order valence-electron chi connectivity index (χ2n) is 5.14. The van der Waals surface area contributed by atoms with Crippen LogP contribution in [-0.4, -0.2) is 28.3 Å². The molecule has 0 aliphatic heterocycles. The zero-order valence-electron chi connectivity index (χ0n) is 13.1. The number of hydrogen-bond donors (Lipinski definition) is 0. The third kappa shape index (κ3) is 3.80. The number of ether oxygens (including phenoxy) is 1. The Kier molecular flexibility index (Phi) is 5.08. The predicted molar refractivity (Wildman–Crippen MR) is 89.3 cm³/mol. The molecule has 0 spiro atoms. The molecule has 0 fully saturated rings. The summed E-state index contributed by atoms with van der Waals surface area (Å²) >= 11 is 0. The quantitative estimate of drug-likeness (QED) is 0.821. The molecule has 0 aliphatic carbocycles. The fourth-order valence-electron chi connectivity index (χ4n) is 2.36. The van der Waals surface area contributed by atoms with E-state index in [1.807, 2.05) is 55.3 Å². The monoisotopic (exact) mass is 319 g/mol. The van der Waals surface area contributed by atoms with Crippen LogP contribution >= 0.6 is 0 Å². The van der Waals surface area contributed by atoms with E-state index in [4.69, 9.17) is 4.74 Å². The van der Waals surface area contributed by atoms with Gasteiger partial charge in [-0.15, -0.1) is 0 Å². The zero-order chi connectivity index (χ0) is 16.2. The van der Waals surface area contributed by atoms with Crippen LogP contribution in [0.4, 0.5) is 5.69 Å². The van der Waals surface area contributed by atoms with Gasteiger partial charge >= 0.3 is 0 Å². The molecule has 0 N–H and O–H groups in total. The van der Waals surface area contributed by atoms with Crippen LogP contribution in [0.2, 0.25) is 0 Å². The van der Waals surface area contributed by atoms with Crippen molar-refractivity contribution in [3.05, 3.63) is 54.1 Å². The smallest absolute Gasteiger partial charge is 0.177 e. The molecule has 0 bridgehead atoms. The van der Waals surface area contributed by atoms with Crippen molar-refractivity contribution < 1.29 is 13.2 Å². The molecule has 0 aliphatic rings. The van der Waals surface area contributed by atoms with Crippen molar-refractivity contribution in [2.75, 3.05) is 24.8 Å². The fourth-order valence-corrected chi connectivity index (χ4v) is 3.29. The molecule has 4 nitrogen and oxygen atoms in total. The molecular weight excluding hydrogens is 298 g/mol. The number of anilines is 1. The van der Waals surface area contributed by atoms with E-state index in [9.17, 15) is 8.42 Å². The lowest BCUT2D eigenvalue weighted by molar-refractivity contribution is 0.336. The molecule has 22 heavy (non-hydrogen) atoms. The van der Waals surface area contributed by atoms with Crippen LogP contribution in [0.1, 0.15) is 12.5 Å². The summed E-state index contributed by atoms with van der Waals surface area (Å²) < 4.78 is 29.5. The predicted octanol–water partition coefficient (Wildman–Crippen LogP) is 3.13. The van der Waals surface area contributed by atoms with Gasteiger partial charge < -0.3 is 9.64 Å². The van der Waals surface area contributed by atoms with Crippen LogP contribution in [0.5, 0.6) is 5.75 Å². The second-order valence-corrected chi connectivity index (χ2v) is 7.12. The molecule has 118 valence electrons. The maximum Gasteiger partial charge on any atom is 0.177 e. The molecule has 0 unspecified atom stereocenters. The lowest BCUT2D eigenvalue weighted by Crippen LogP contribution is -2.19. The first kappa shape index (κ1) is 16.4. The number of para-hydroxylation sites is 2. The van der Waals surface area contributed by atoms with Gasteiger partial charge in [0.05, 0.1) is 17.2 Å². The van der Waals surface area contributed by atoms with Crippen molar-refractivity contribution >= 4 is 15.5 Å². The molecule has 0 aromatic heterocycles. The highest BCUT2D eigenvalue weighted by Crippen LogP contribution is 2.27. The number of hydrogen-bond acceptors (Lipinski definition) is 4. The SMILES string of the molecule is CCOc1ccccc1CN(C)c1ccccc1S(C)(=O)=O. The Labute approximate surface area is 132 Å². The normalized spacial score (nSPS) is 11.2. The third-order valence-corrected chi connectivity index (χ3v) is 4.50. The summed E-state index contributed by atoms with van der Waals surface area (Å²) in [7, 11) is -1.38. The number of sulfone groups is 1. The molecule has 0 radical (unpaired) electrons. The van der Waals surface area contributed by atoms with Crippen molar-refractivity contribution in [3.8, 4) is 5.75 Å². The fraction of sp³-hybridized carbons (Fsp3) is 0.294. The van der Waals surface area contributed by atoms with Gasteiger partial charge in [-0.2, -0.15) is 0 Å². The van der Waals surface area contributed by atoms with Gasteiger partial charge in [-0.1, -0.05) is 30.3 Å². The minimum absolute atomic E-state index is 0.339. The van der Waals surface area contributed by atoms with Gasteiger partial charge in [0, 0.05) is 25.4 Å². The van der Waals surface area contributed by atoms with E-state index in [0.717, 1.165) is 11.3 Å². The third-order valence-electron chi connectivity index (χ3n) is 3.36. The molecule has 0 atom stereocenters. The summed E-state index contributed by atoms with van der Waals surface area (Å²) in [5, 5.41) is 0. The van der Waals surface area contributed by atoms with Crippen LogP contribution in [0, 0.1) is 0 Å². The minimum atomic E-state index is -3.26. The molecule has 2 aromatic rings. The maximum atomic E-state index is 11.9. The maximum absolute atomic E-state index is 11.9. The standard InChI is InChI=1S/C17H21NO3S/c1-4-21-16-11-7-5-9-14(16)13-18(2)15-10-6-8-12-17(15)22(3,19)20/h5-12H,4,13H2,1-3H3. The van der Waals surface area contributed by atoms with Gasteiger partial charge in [-0.25, -0.2) is 8.42 Å². The largest absolute Gasteiger partial charge is 0.494 e. The summed E-state index contributed by atoms with van der Waals surface area (Å²) in [6, 6.07) is 14.8. The van der Waals surface area contributed by atoms with Crippen LogP contribution in [0.3, 0.4) is 0 Å².